The number of hydrogen-bond donors (Lipinski definition) is 0. The molecule has 1 unspecified atom stereocenters. The van der Waals surface area contributed by atoms with E-state index in [2.05, 4.69) is 62.1 Å². The fraction of sp³-hybridized carbons (Fsp3) is 0.455. The zero-order valence-electron chi connectivity index (χ0n) is 8.10. The third-order valence-electron chi connectivity index (χ3n) is 1.94. The zero-order chi connectivity index (χ0) is 9.56. The maximum atomic E-state index is 3.70. The Morgan fingerprint density at radius 3 is 2.42 bits per heavy atom. The molecule has 0 radical (unpaired) electrons. The first-order valence-corrected chi connectivity index (χ1v) is 5.67. The Hall–Kier alpha value is -0.0500. The third-order valence-corrected chi connectivity index (χ3v) is 3.26. The van der Waals surface area contributed by atoms with Crippen molar-refractivity contribution in [3.8, 4) is 0 Å². The van der Waals surface area contributed by atoms with E-state index < -0.39 is 0 Å². The molecule has 68 valence electrons. The van der Waals surface area contributed by atoms with Crippen molar-refractivity contribution in [2.45, 2.75) is 20.8 Å². The molecule has 0 aliphatic heterocycles. The van der Waals surface area contributed by atoms with E-state index in [0.717, 1.165) is 0 Å². The number of halogens is 1. The fourth-order valence-electron chi connectivity index (χ4n) is 0.617. The molecule has 1 heteroatoms. The van der Waals surface area contributed by atoms with Crippen LogP contribution in [-0.4, -0.2) is 4.43 Å². The predicted octanol–water partition coefficient (Wildman–Crippen LogP) is 4.14. The average molecular weight is 276 g/mol. The molecule has 0 nitrogen and oxygen atoms in total. The Balaban J connectivity index is 4.26. The first-order valence-electron chi connectivity index (χ1n) is 4.15. The Morgan fingerprint density at radius 1 is 1.42 bits per heavy atom. The van der Waals surface area contributed by atoms with Gasteiger partial charge in [-0.1, -0.05) is 65.5 Å². The molecule has 0 aliphatic rings. The molecular formula is C11H17I. The highest BCUT2D eigenvalue weighted by Crippen LogP contribution is 2.12. The highest BCUT2D eigenvalue weighted by molar-refractivity contribution is 14.1. The standard InChI is InChI=1S/C11H17I/c1-5-9(2)6-7-10(3)11(4)8-12/h5-7,11H,1,8H2,2-4H3/b9-6+,10-7-. The van der Waals surface area contributed by atoms with E-state index in [4.69, 9.17) is 0 Å². The second-order valence-corrected chi connectivity index (χ2v) is 3.96. The minimum Gasteiger partial charge on any atom is -0.0988 e. The number of allylic oxidation sites excluding steroid dienone is 5. The summed E-state index contributed by atoms with van der Waals surface area (Å²) >= 11 is 2.41. The van der Waals surface area contributed by atoms with E-state index in [-0.39, 0.29) is 0 Å². The highest BCUT2D eigenvalue weighted by atomic mass is 127. The van der Waals surface area contributed by atoms with E-state index >= 15 is 0 Å². The molecule has 0 rings (SSSR count). The number of alkyl halides is 1. The van der Waals surface area contributed by atoms with Gasteiger partial charge < -0.3 is 0 Å². The van der Waals surface area contributed by atoms with Crippen molar-refractivity contribution >= 4 is 22.6 Å². The van der Waals surface area contributed by atoms with Gasteiger partial charge in [0.25, 0.3) is 0 Å². The lowest BCUT2D eigenvalue weighted by atomic mass is 10.0. The minimum absolute atomic E-state index is 0.680. The van der Waals surface area contributed by atoms with Crippen molar-refractivity contribution in [2.24, 2.45) is 5.92 Å². The molecule has 0 saturated carbocycles. The summed E-state index contributed by atoms with van der Waals surface area (Å²) in [6.45, 7) is 10.2. The lowest BCUT2D eigenvalue weighted by Gasteiger charge is -2.06. The van der Waals surface area contributed by atoms with Crippen LogP contribution in [0, 0.1) is 5.92 Å². The van der Waals surface area contributed by atoms with Crippen LogP contribution in [-0.2, 0) is 0 Å². The zero-order valence-corrected chi connectivity index (χ0v) is 10.3. The van der Waals surface area contributed by atoms with E-state index in [0.29, 0.717) is 5.92 Å². The van der Waals surface area contributed by atoms with Gasteiger partial charge >= 0.3 is 0 Å². The normalized spacial score (nSPS) is 16.0. The summed E-state index contributed by atoms with van der Waals surface area (Å²) in [4.78, 5) is 0. The van der Waals surface area contributed by atoms with Gasteiger partial charge in [0.15, 0.2) is 0 Å². The minimum atomic E-state index is 0.680. The maximum absolute atomic E-state index is 3.70. The summed E-state index contributed by atoms with van der Waals surface area (Å²) in [6.07, 6.45) is 6.17. The second kappa shape index (κ2) is 6.46. The van der Waals surface area contributed by atoms with E-state index in [1.54, 1.807) is 0 Å². The molecule has 0 N–H and O–H groups in total. The van der Waals surface area contributed by atoms with Crippen LogP contribution in [0.2, 0.25) is 0 Å². The van der Waals surface area contributed by atoms with E-state index in [1.165, 1.54) is 15.6 Å². The quantitative estimate of drug-likeness (QED) is 0.411. The van der Waals surface area contributed by atoms with Crippen molar-refractivity contribution in [1.29, 1.82) is 0 Å². The van der Waals surface area contributed by atoms with Gasteiger partial charge in [0.1, 0.15) is 0 Å². The highest BCUT2D eigenvalue weighted by Gasteiger charge is 1.99. The second-order valence-electron chi connectivity index (χ2n) is 3.08. The van der Waals surface area contributed by atoms with Gasteiger partial charge in [-0.05, 0) is 19.8 Å². The lowest BCUT2D eigenvalue weighted by molar-refractivity contribution is 0.796. The Morgan fingerprint density at radius 2 is 2.00 bits per heavy atom. The molecule has 0 heterocycles. The van der Waals surface area contributed by atoms with Crippen LogP contribution in [0.5, 0.6) is 0 Å². The van der Waals surface area contributed by atoms with Crippen LogP contribution in [0.3, 0.4) is 0 Å². The molecule has 0 amide bonds. The van der Waals surface area contributed by atoms with Crippen LogP contribution in [0.15, 0.2) is 36.0 Å². The summed E-state index contributed by atoms with van der Waals surface area (Å²) in [7, 11) is 0. The molecule has 0 bridgehead atoms. The number of rotatable bonds is 4. The summed E-state index contributed by atoms with van der Waals surface area (Å²) in [6, 6.07) is 0. The van der Waals surface area contributed by atoms with Crippen molar-refractivity contribution < 1.29 is 0 Å². The van der Waals surface area contributed by atoms with Crippen LogP contribution < -0.4 is 0 Å². The van der Waals surface area contributed by atoms with Crippen LogP contribution in [0.1, 0.15) is 20.8 Å². The summed E-state index contributed by atoms with van der Waals surface area (Å²) in [5.41, 5.74) is 2.65. The molecule has 0 fully saturated rings. The molecular weight excluding hydrogens is 259 g/mol. The molecule has 0 aromatic carbocycles. The third kappa shape index (κ3) is 4.75. The molecule has 0 spiro atoms. The van der Waals surface area contributed by atoms with Gasteiger partial charge in [-0.2, -0.15) is 0 Å². The van der Waals surface area contributed by atoms with Crippen molar-refractivity contribution in [1.82, 2.24) is 0 Å². The van der Waals surface area contributed by atoms with Crippen LogP contribution in [0.4, 0.5) is 0 Å². The summed E-state index contributed by atoms with van der Waals surface area (Å²) in [5.74, 6) is 0.680. The molecule has 0 aromatic heterocycles. The molecule has 12 heavy (non-hydrogen) atoms. The number of hydrogen-bond acceptors (Lipinski definition) is 0. The maximum Gasteiger partial charge on any atom is 0.00583 e. The van der Waals surface area contributed by atoms with E-state index in [1.807, 2.05) is 6.08 Å². The largest absolute Gasteiger partial charge is 0.0988 e. The van der Waals surface area contributed by atoms with Crippen molar-refractivity contribution in [3.63, 3.8) is 0 Å². The average Bonchev–Trinajstić information content (AvgIpc) is 2.11. The van der Waals surface area contributed by atoms with Gasteiger partial charge in [-0.25, -0.2) is 0 Å². The SMILES string of the molecule is C=C/C(C)=C/C=C(/C)C(C)CI. The first-order chi connectivity index (χ1) is 5.61. The van der Waals surface area contributed by atoms with Crippen LogP contribution in [0.25, 0.3) is 0 Å². The van der Waals surface area contributed by atoms with Gasteiger partial charge in [-0.3, -0.25) is 0 Å². The molecule has 1 atom stereocenters. The summed E-state index contributed by atoms with van der Waals surface area (Å²) < 4.78 is 1.18. The topological polar surface area (TPSA) is 0 Å². The monoisotopic (exact) mass is 276 g/mol. The Bertz CT molecular complexity index is 199. The first kappa shape index (κ1) is 11.9. The van der Waals surface area contributed by atoms with E-state index in [9.17, 15) is 0 Å². The van der Waals surface area contributed by atoms with Crippen molar-refractivity contribution in [2.75, 3.05) is 4.43 Å². The van der Waals surface area contributed by atoms with Crippen molar-refractivity contribution in [3.05, 3.63) is 36.0 Å². The molecule has 0 aromatic rings. The predicted molar refractivity (Wildman–Crippen MR) is 65.8 cm³/mol. The van der Waals surface area contributed by atoms with Crippen LogP contribution >= 0.6 is 22.6 Å². The summed E-state index contributed by atoms with van der Waals surface area (Å²) in [5, 5.41) is 0. The Labute approximate surface area is 89.6 Å². The van der Waals surface area contributed by atoms with Gasteiger partial charge in [0, 0.05) is 4.43 Å². The van der Waals surface area contributed by atoms with Gasteiger partial charge in [-0.15, -0.1) is 0 Å². The smallest absolute Gasteiger partial charge is 0.00583 e. The Kier molecular flexibility index (Phi) is 6.44. The lowest BCUT2D eigenvalue weighted by Crippen LogP contribution is -1.96. The molecule has 0 saturated heterocycles. The van der Waals surface area contributed by atoms with Gasteiger partial charge in [0.2, 0.25) is 0 Å². The fourth-order valence-corrected chi connectivity index (χ4v) is 1.31. The molecule has 0 aliphatic carbocycles. The van der Waals surface area contributed by atoms with Gasteiger partial charge in [0.05, 0.1) is 0 Å².